The minimum atomic E-state index is -0.376. The molecule has 0 amide bonds. The number of hydrogen-bond acceptors (Lipinski definition) is 4. The number of nitro groups is 1. The van der Waals surface area contributed by atoms with Crippen molar-refractivity contribution >= 4 is 39.8 Å². The van der Waals surface area contributed by atoms with Crippen LogP contribution in [0.3, 0.4) is 0 Å². The summed E-state index contributed by atoms with van der Waals surface area (Å²) in [5, 5.41) is 12.7. The van der Waals surface area contributed by atoms with Crippen molar-refractivity contribution in [1.29, 1.82) is 0 Å². The Bertz CT molecular complexity index is 633. The van der Waals surface area contributed by atoms with Crippen LogP contribution in [0.5, 0.6) is 0 Å². The fourth-order valence-electron chi connectivity index (χ4n) is 1.81. The zero-order valence-electron chi connectivity index (χ0n) is 10.6. The van der Waals surface area contributed by atoms with Crippen LogP contribution in [-0.2, 0) is 0 Å². The van der Waals surface area contributed by atoms with Gasteiger partial charge in [-0.1, -0.05) is 6.92 Å². The number of nitrogens with zero attached hydrogens (tertiary/aromatic N) is 2. The third-order valence-corrected chi connectivity index (χ3v) is 4.54. The third kappa shape index (κ3) is 2.98. The van der Waals surface area contributed by atoms with Gasteiger partial charge in [-0.25, -0.2) is 0 Å². The Morgan fingerprint density at radius 2 is 2.21 bits per heavy atom. The molecule has 2 aromatic rings. The van der Waals surface area contributed by atoms with Gasteiger partial charge < -0.3 is 0 Å². The van der Waals surface area contributed by atoms with Gasteiger partial charge in [-0.2, -0.15) is 0 Å². The van der Waals surface area contributed by atoms with E-state index in [1.165, 1.54) is 6.07 Å². The lowest BCUT2D eigenvalue weighted by atomic mass is 10.1. The van der Waals surface area contributed by atoms with Gasteiger partial charge in [0.15, 0.2) is 0 Å². The molecule has 1 heterocycles. The summed E-state index contributed by atoms with van der Waals surface area (Å²) in [6, 6.07) is 5.20. The maximum Gasteiger partial charge on any atom is 0.278 e. The van der Waals surface area contributed by atoms with E-state index in [-0.39, 0.29) is 15.9 Å². The molecule has 1 aromatic carbocycles. The van der Waals surface area contributed by atoms with Crippen LogP contribution in [0.15, 0.2) is 29.3 Å². The number of rotatable bonds is 4. The zero-order valence-corrected chi connectivity index (χ0v) is 12.2. The fraction of sp³-hybridized carbons (Fsp3) is 0.308. The molecule has 0 saturated heterocycles. The lowest BCUT2D eigenvalue weighted by Gasteiger charge is -2.10. The monoisotopic (exact) mass is 296 g/mol. The van der Waals surface area contributed by atoms with Crippen LogP contribution in [0.2, 0.25) is 0 Å². The van der Waals surface area contributed by atoms with Crippen LogP contribution in [-0.4, -0.2) is 21.0 Å². The van der Waals surface area contributed by atoms with E-state index < -0.39 is 0 Å². The Labute approximate surface area is 120 Å². The van der Waals surface area contributed by atoms with Gasteiger partial charge in [-0.05, 0) is 19.1 Å². The molecule has 0 N–H and O–H groups in total. The van der Waals surface area contributed by atoms with Gasteiger partial charge in [-0.3, -0.25) is 15.1 Å². The molecule has 0 fully saturated rings. The highest BCUT2D eigenvalue weighted by Gasteiger charge is 2.16. The molecule has 0 spiro atoms. The lowest BCUT2D eigenvalue weighted by Crippen LogP contribution is -1.98. The minimum absolute atomic E-state index is 0.0883. The van der Waals surface area contributed by atoms with Crippen molar-refractivity contribution in [2.45, 2.75) is 24.0 Å². The molecule has 0 aliphatic carbocycles. The van der Waals surface area contributed by atoms with E-state index in [1.807, 2.05) is 19.9 Å². The van der Waals surface area contributed by atoms with E-state index in [2.05, 4.69) is 4.98 Å². The molecule has 1 unspecified atom stereocenters. The van der Waals surface area contributed by atoms with Crippen molar-refractivity contribution in [2.24, 2.45) is 0 Å². The second kappa shape index (κ2) is 5.75. The first kappa shape index (κ1) is 14.1. The van der Waals surface area contributed by atoms with Gasteiger partial charge >= 0.3 is 0 Å². The average molecular weight is 297 g/mol. The highest BCUT2D eigenvalue weighted by atomic mass is 35.5. The number of aryl methyl sites for hydroxylation is 1. The van der Waals surface area contributed by atoms with Crippen LogP contribution in [0.1, 0.15) is 12.6 Å². The number of fused-ring (bicyclic) bond motifs is 1. The Morgan fingerprint density at radius 3 is 2.84 bits per heavy atom. The summed E-state index contributed by atoms with van der Waals surface area (Å²) in [5.74, 6) is 0.535. The normalized spacial score (nSPS) is 12.6. The van der Waals surface area contributed by atoms with E-state index in [9.17, 15) is 10.1 Å². The molecule has 100 valence electrons. The average Bonchev–Trinajstić information content (AvgIpc) is 2.38. The van der Waals surface area contributed by atoms with Crippen molar-refractivity contribution in [1.82, 2.24) is 4.98 Å². The fourth-order valence-corrected chi connectivity index (χ4v) is 2.94. The van der Waals surface area contributed by atoms with E-state index >= 15 is 0 Å². The lowest BCUT2D eigenvalue weighted by molar-refractivity contribution is -0.383. The van der Waals surface area contributed by atoms with Gasteiger partial charge in [-0.15, -0.1) is 23.4 Å². The van der Waals surface area contributed by atoms with Crippen molar-refractivity contribution < 1.29 is 4.92 Å². The molecule has 0 aliphatic heterocycles. The zero-order chi connectivity index (χ0) is 14.0. The first-order chi connectivity index (χ1) is 9.02. The quantitative estimate of drug-likeness (QED) is 0.368. The summed E-state index contributed by atoms with van der Waals surface area (Å²) in [4.78, 5) is 15.8. The van der Waals surface area contributed by atoms with E-state index in [0.29, 0.717) is 11.3 Å². The summed E-state index contributed by atoms with van der Waals surface area (Å²) in [7, 11) is 0. The topological polar surface area (TPSA) is 56.0 Å². The molecule has 2 rings (SSSR count). The first-order valence-electron chi connectivity index (χ1n) is 5.79. The minimum Gasteiger partial charge on any atom is -0.261 e. The number of aromatic nitrogens is 1. The van der Waals surface area contributed by atoms with Crippen LogP contribution in [0.4, 0.5) is 5.69 Å². The van der Waals surface area contributed by atoms with Gasteiger partial charge in [0.25, 0.3) is 5.69 Å². The Kier molecular flexibility index (Phi) is 4.27. The maximum atomic E-state index is 11.0. The third-order valence-electron chi connectivity index (χ3n) is 2.72. The molecule has 0 aliphatic rings. The molecular formula is C13H13ClN2O2S. The largest absolute Gasteiger partial charge is 0.278 e. The number of halogens is 1. The predicted molar refractivity (Wildman–Crippen MR) is 79.2 cm³/mol. The van der Waals surface area contributed by atoms with Crippen molar-refractivity contribution in [3.8, 4) is 0 Å². The number of thioether (sulfide) groups is 1. The smallest absolute Gasteiger partial charge is 0.261 e. The number of hydrogen-bond donors (Lipinski definition) is 0. The second-order valence-electron chi connectivity index (χ2n) is 4.29. The van der Waals surface area contributed by atoms with E-state index in [0.717, 1.165) is 16.0 Å². The number of pyridine rings is 1. The molecule has 0 radical (unpaired) electrons. The molecule has 0 bridgehead atoms. The summed E-state index contributed by atoms with van der Waals surface area (Å²) in [6.45, 7) is 3.90. The molecule has 19 heavy (non-hydrogen) atoms. The van der Waals surface area contributed by atoms with E-state index in [4.69, 9.17) is 11.6 Å². The Balaban J connectivity index is 2.63. The molecule has 6 heteroatoms. The molecular weight excluding hydrogens is 284 g/mol. The Morgan fingerprint density at radius 1 is 1.47 bits per heavy atom. The SMILES string of the molecule is Cc1cc2c(SC(C)CCl)ccc([N+](=O)[O-])c2cn1. The van der Waals surface area contributed by atoms with E-state index in [1.54, 1.807) is 24.0 Å². The summed E-state index contributed by atoms with van der Waals surface area (Å²) >= 11 is 7.44. The van der Waals surface area contributed by atoms with Crippen LogP contribution in [0.25, 0.3) is 10.8 Å². The molecule has 0 saturated carbocycles. The standard InChI is InChI=1S/C13H13ClN2O2S/c1-8-5-10-11(7-15-8)12(16(17)18)3-4-13(10)19-9(2)6-14/h3-5,7,9H,6H2,1-2H3. The summed E-state index contributed by atoms with van der Waals surface area (Å²) < 4.78 is 0. The highest BCUT2D eigenvalue weighted by molar-refractivity contribution is 8.00. The van der Waals surface area contributed by atoms with Gasteiger partial charge in [0.2, 0.25) is 0 Å². The van der Waals surface area contributed by atoms with Gasteiger partial charge in [0, 0.05) is 39.4 Å². The van der Waals surface area contributed by atoms with Crippen molar-refractivity contribution in [3.63, 3.8) is 0 Å². The summed E-state index contributed by atoms with van der Waals surface area (Å²) in [5.41, 5.74) is 0.929. The molecule has 4 nitrogen and oxygen atoms in total. The molecule has 1 atom stereocenters. The summed E-state index contributed by atoms with van der Waals surface area (Å²) in [6.07, 6.45) is 1.57. The number of alkyl halides is 1. The predicted octanol–water partition coefficient (Wildman–Crippen LogP) is 4.17. The van der Waals surface area contributed by atoms with Crippen molar-refractivity contribution in [2.75, 3.05) is 5.88 Å². The molecule has 1 aromatic heterocycles. The van der Waals surface area contributed by atoms with Crippen LogP contribution < -0.4 is 0 Å². The number of nitro benzene ring substituents is 1. The Hall–Kier alpha value is -1.33. The van der Waals surface area contributed by atoms with Gasteiger partial charge in [0.1, 0.15) is 0 Å². The second-order valence-corrected chi connectivity index (χ2v) is 6.08. The van der Waals surface area contributed by atoms with Crippen molar-refractivity contribution in [3.05, 3.63) is 40.2 Å². The highest BCUT2D eigenvalue weighted by Crippen LogP contribution is 2.35. The van der Waals surface area contributed by atoms with Crippen LogP contribution in [0, 0.1) is 17.0 Å². The van der Waals surface area contributed by atoms with Gasteiger partial charge in [0.05, 0.1) is 10.3 Å². The number of benzene rings is 1. The number of non-ortho nitro benzene ring substituents is 1. The first-order valence-corrected chi connectivity index (χ1v) is 7.20. The van der Waals surface area contributed by atoms with Crippen LogP contribution >= 0.6 is 23.4 Å². The maximum absolute atomic E-state index is 11.0.